The summed E-state index contributed by atoms with van der Waals surface area (Å²) in [4.78, 5) is 15.3. The summed E-state index contributed by atoms with van der Waals surface area (Å²) in [6.45, 7) is 1.90. The minimum Gasteiger partial charge on any atom is -0.481 e. The van der Waals surface area contributed by atoms with Crippen LogP contribution in [0.1, 0.15) is 31.4 Å². The van der Waals surface area contributed by atoms with E-state index in [1.807, 2.05) is 31.2 Å². The van der Waals surface area contributed by atoms with Crippen molar-refractivity contribution in [2.45, 2.75) is 38.6 Å². The van der Waals surface area contributed by atoms with Gasteiger partial charge in [0.05, 0.1) is 11.6 Å². The third kappa shape index (κ3) is 3.30. The lowest BCUT2D eigenvalue weighted by molar-refractivity contribution is -0.142. The van der Waals surface area contributed by atoms with Crippen molar-refractivity contribution in [2.24, 2.45) is 5.92 Å². The van der Waals surface area contributed by atoms with Gasteiger partial charge >= 0.3 is 5.97 Å². The molecule has 116 valence electrons. The highest BCUT2D eigenvalue weighted by Crippen LogP contribution is 2.28. The van der Waals surface area contributed by atoms with Gasteiger partial charge in [0, 0.05) is 17.3 Å². The molecule has 1 heterocycles. The number of anilines is 1. The van der Waals surface area contributed by atoms with E-state index in [1.54, 1.807) is 6.26 Å². The normalized spacial score (nSPS) is 21.5. The minimum atomic E-state index is -0.667. The van der Waals surface area contributed by atoms with Gasteiger partial charge in [0.1, 0.15) is 6.26 Å². The first kappa shape index (κ1) is 14.6. The molecule has 1 saturated carbocycles. The first-order valence-electron chi connectivity index (χ1n) is 7.64. The van der Waals surface area contributed by atoms with Crippen molar-refractivity contribution in [2.75, 3.05) is 5.32 Å². The molecule has 5 heteroatoms. The molecule has 0 atom stereocenters. The fourth-order valence-corrected chi connectivity index (χ4v) is 2.95. The molecular weight excluding hydrogens is 280 g/mol. The molecule has 0 saturated heterocycles. The van der Waals surface area contributed by atoms with Gasteiger partial charge in [0.2, 0.25) is 5.89 Å². The van der Waals surface area contributed by atoms with Crippen molar-refractivity contribution in [3.63, 3.8) is 0 Å². The molecule has 2 N–H and O–H groups in total. The number of carboxylic acids is 1. The monoisotopic (exact) mass is 300 g/mol. The lowest BCUT2D eigenvalue weighted by Gasteiger charge is -2.27. The molecule has 1 aliphatic carbocycles. The van der Waals surface area contributed by atoms with Gasteiger partial charge in [-0.25, -0.2) is 4.98 Å². The molecule has 0 radical (unpaired) electrons. The molecule has 3 rings (SSSR count). The first-order valence-corrected chi connectivity index (χ1v) is 7.64. The molecule has 0 spiro atoms. The highest BCUT2D eigenvalue weighted by atomic mass is 16.4. The topological polar surface area (TPSA) is 75.4 Å². The van der Waals surface area contributed by atoms with Crippen LogP contribution in [0.5, 0.6) is 0 Å². The van der Waals surface area contributed by atoms with Gasteiger partial charge in [-0.05, 0) is 50.8 Å². The lowest BCUT2D eigenvalue weighted by atomic mass is 9.86. The Morgan fingerprint density at radius 2 is 2.09 bits per heavy atom. The first-order chi connectivity index (χ1) is 10.6. The van der Waals surface area contributed by atoms with Crippen LogP contribution in [0.2, 0.25) is 0 Å². The Morgan fingerprint density at radius 3 is 2.73 bits per heavy atom. The maximum atomic E-state index is 11.0. The van der Waals surface area contributed by atoms with Crippen molar-refractivity contribution in [1.29, 1.82) is 0 Å². The highest BCUT2D eigenvalue weighted by Gasteiger charge is 2.25. The number of aromatic nitrogens is 1. The van der Waals surface area contributed by atoms with E-state index in [2.05, 4.69) is 10.3 Å². The Morgan fingerprint density at radius 1 is 1.32 bits per heavy atom. The number of rotatable bonds is 4. The number of hydrogen-bond donors (Lipinski definition) is 2. The summed E-state index contributed by atoms with van der Waals surface area (Å²) in [5, 5.41) is 12.5. The van der Waals surface area contributed by atoms with E-state index in [-0.39, 0.29) is 5.92 Å². The van der Waals surface area contributed by atoms with Crippen molar-refractivity contribution in [3.05, 3.63) is 36.2 Å². The van der Waals surface area contributed by atoms with Crippen molar-refractivity contribution in [3.8, 4) is 11.5 Å². The molecule has 22 heavy (non-hydrogen) atoms. The number of hydrogen-bond acceptors (Lipinski definition) is 4. The number of nitrogens with one attached hydrogen (secondary N) is 1. The van der Waals surface area contributed by atoms with Crippen LogP contribution in [-0.4, -0.2) is 22.1 Å². The molecule has 2 aromatic rings. The fourth-order valence-electron chi connectivity index (χ4n) is 2.95. The van der Waals surface area contributed by atoms with Gasteiger partial charge in [-0.2, -0.15) is 0 Å². The summed E-state index contributed by atoms with van der Waals surface area (Å²) in [5.41, 5.74) is 2.82. The Bertz CT molecular complexity index is 657. The molecule has 1 aromatic heterocycles. The Hall–Kier alpha value is -2.30. The summed E-state index contributed by atoms with van der Waals surface area (Å²) in [5.74, 6) is -0.227. The standard InChI is InChI=1S/C17H20N2O3/c1-11-10-22-16(18-11)13-3-2-4-15(9-13)19-14-7-5-12(6-8-14)17(20)21/h2-4,9-10,12,14,19H,5-8H2,1H3,(H,20,21). The average Bonchev–Trinajstić information content (AvgIpc) is 2.95. The highest BCUT2D eigenvalue weighted by molar-refractivity contribution is 5.70. The average molecular weight is 300 g/mol. The van der Waals surface area contributed by atoms with Gasteiger partial charge in [0.15, 0.2) is 0 Å². The van der Waals surface area contributed by atoms with Crippen LogP contribution in [0.3, 0.4) is 0 Å². The Labute approximate surface area is 129 Å². The number of oxazole rings is 1. The summed E-state index contributed by atoms with van der Waals surface area (Å²) in [7, 11) is 0. The van der Waals surface area contributed by atoms with Gasteiger partial charge < -0.3 is 14.8 Å². The van der Waals surface area contributed by atoms with E-state index in [4.69, 9.17) is 9.52 Å². The number of benzene rings is 1. The largest absolute Gasteiger partial charge is 0.481 e. The predicted molar refractivity (Wildman–Crippen MR) is 83.7 cm³/mol. The van der Waals surface area contributed by atoms with Gasteiger partial charge in [0.25, 0.3) is 0 Å². The zero-order valence-corrected chi connectivity index (χ0v) is 12.6. The van der Waals surface area contributed by atoms with Gasteiger partial charge in [-0.15, -0.1) is 0 Å². The fraction of sp³-hybridized carbons (Fsp3) is 0.412. The molecule has 0 unspecified atom stereocenters. The molecule has 0 bridgehead atoms. The zero-order chi connectivity index (χ0) is 15.5. The second-order valence-electron chi connectivity index (χ2n) is 5.91. The van der Waals surface area contributed by atoms with E-state index in [0.717, 1.165) is 42.6 Å². The van der Waals surface area contributed by atoms with E-state index in [0.29, 0.717) is 11.9 Å². The molecule has 0 amide bonds. The molecular formula is C17H20N2O3. The van der Waals surface area contributed by atoms with Crippen LogP contribution in [-0.2, 0) is 4.79 Å². The van der Waals surface area contributed by atoms with Gasteiger partial charge in [-0.3, -0.25) is 4.79 Å². The third-order valence-corrected chi connectivity index (χ3v) is 4.18. The lowest BCUT2D eigenvalue weighted by Crippen LogP contribution is -2.29. The number of aryl methyl sites for hydroxylation is 1. The summed E-state index contributed by atoms with van der Waals surface area (Å²) < 4.78 is 5.43. The van der Waals surface area contributed by atoms with Crippen LogP contribution < -0.4 is 5.32 Å². The van der Waals surface area contributed by atoms with Crippen LogP contribution in [0, 0.1) is 12.8 Å². The number of nitrogens with zero attached hydrogens (tertiary/aromatic N) is 1. The van der Waals surface area contributed by atoms with Crippen molar-refractivity contribution >= 4 is 11.7 Å². The maximum absolute atomic E-state index is 11.0. The molecule has 1 fully saturated rings. The van der Waals surface area contributed by atoms with Crippen LogP contribution >= 0.6 is 0 Å². The smallest absolute Gasteiger partial charge is 0.306 e. The van der Waals surface area contributed by atoms with Crippen LogP contribution in [0.4, 0.5) is 5.69 Å². The second kappa shape index (κ2) is 6.22. The van der Waals surface area contributed by atoms with E-state index >= 15 is 0 Å². The van der Waals surface area contributed by atoms with E-state index < -0.39 is 5.97 Å². The second-order valence-corrected chi connectivity index (χ2v) is 5.91. The number of carboxylic acid groups (broad SMARTS) is 1. The van der Waals surface area contributed by atoms with E-state index in [9.17, 15) is 4.79 Å². The Balaban J connectivity index is 1.65. The van der Waals surface area contributed by atoms with Crippen molar-refractivity contribution in [1.82, 2.24) is 4.98 Å². The summed E-state index contributed by atoms with van der Waals surface area (Å²) >= 11 is 0. The van der Waals surface area contributed by atoms with E-state index in [1.165, 1.54) is 0 Å². The maximum Gasteiger partial charge on any atom is 0.306 e. The van der Waals surface area contributed by atoms with Crippen LogP contribution in [0.25, 0.3) is 11.5 Å². The summed E-state index contributed by atoms with van der Waals surface area (Å²) in [6, 6.07) is 8.31. The molecule has 1 aliphatic rings. The minimum absolute atomic E-state index is 0.181. The zero-order valence-electron chi connectivity index (χ0n) is 12.6. The Kier molecular flexibility index (Phi) is 4.13. The van der Waals surface area contributed by atoms with Gasteiger partial charge in [-0.1, -0.05) is 6.07 Å². The summed E-state index contributed by atoms with van der Waals surface area (Å²) in [6.07, 6.45) is 4.90. The molecule has 5 nitrogen and oxygen atoms in total. The quantitative estimate of drug-likeness (QED) is 0.900. The molecule has 0 aliphatic heterocycles. The number of carbonyl (C=O) groups is 1. The SMILES string of the molecule is Cc1coc(-c2cccc(NC3CCC(C(=O)O)CC3)c2)n1. The van der Waals surface area contributed by atoms with Crippen LogP contribution in [0.15, 0.2) is 34.9 Å². The van der Waals surface area contributed by atoms with Crippen molar-refractivity contribution < 1.29 is 14.3 Å². The number of aliphatic carboxylic acids is 1. The molecule has 1 aromatic carbocycles. The third-order valence-electron chi connectivity index (χ3n) is 4.18. The predicted octanol–water partition coefficient (Wildman–Crippen LogP) is 3.71.